The number of aliphatic imine (C=N–C) groups is 1. The maximum absolute atomic E-state index is 13.6. The van der Waals surface area contributed by atoms with Crippen molar-refractivity contribution in [2.75, 3.05) is 11.4 Å². The molecular formula is C24H22ClN5OS. The van der Waals surface area contributed by atoms with Gasteiger partial charge in [-0.3, -0.25) is 0 Å². The third-order valence-corrected chi connectivity index (χ3v) is 6.34. The number of aromatic nitrogens is 2. The van der Waals surface area contributed by atoms with Crippen LogP contribution in [0.2, 0.25) is 5.02 Å². The number of nitrogens with zero attached hydrogens (tertiary/aromatic N) is 4. The van der Waals surface area contributed by atoms with Gasteiger partial charge in [0.1, 0.15) is 5.82 Å². The van der Waals surface area contributed by atoms with Crippen molar-refractivity contribution in [3.05, 3.63) is 75.5 Å². The zero-order chi connectivity index (χ0) is 22.1. The lowest BCUT2D eigenvalue weighted by Gasteiger charge is -2.41. The van der Waals surface area contributed by atoms with Crippen LogP contribution >= 0.6 is 23.8 Å². The molecule has 1 aromatic heterocycles. The van der Waals surface area contributed by atoms with Gasteiger partial charge in [0, 0.05) is 17.8 Å². The van der Waals surface area contributed by atoms with E-state index < -0.39 is 0 Å². The number of para-hydroxylation sites is 1. The number of H-pyrrole nitrogens is 1. The van der Waals surface area contributed by atoms with Crippen LogP contribution in [0.3, 0.4) is 0 Å². The number of hydrogen-bond donors (Lipinski definition) is 1. The van der Waals surface area contributed by atoms with Crippen molar-refractivity contribution in [1.82, 2.24) is 14.9 Å². The van der Waals surface area contributed by atoms with Crippen LogP contribution in [0.5, 0.6) is 0 Å². The van der Waals surface area contributed by atoms with Gasteiger partial charge < -0.3 is 9.88 Å². The standard InChI is InChI=1S/C24H22ClN5OS/c25-17-12-10-16(11-13-17)15-26-21-20-19-9-5-2-6-14-29(19)24(31)30(18-7-3-1-4-8-18)22(20)28-23(32)27-21/h1,3-4,7-8,10-13,15,19H,2,5-6,9,14H2,(H,27,28,32). The van der Waals surface area contributed by atoms with E-state index in [9.17, 15) is 4.79 Å². The molecule has 1 unspecified atom stereocenters. The fourth-order valence-corrected chi connectivity index (χ4v) is 4.70. The Hall–Kier alpha value is -3.03. The van der Waals surface area contributed by atoms with Crippen LogP contribution in [0.15, 0.2) is 59.6 Å². The molecule has 6 nitrogen and oxygen atoms in total. The molecule has 32 heavy (non-hydrogen) atoms. The Morgan fingerprint density at radius 3 is 2.66 bits per heavy atom. The summed E-state index contributed by atoms with van der Waals surface area (Å²) in [6.07, 6.45) is 5.79. The zero-order valence-corrected chi connectivity index (χ0v) is 18.9. The Kier molecular flexibility index (Phi) is 5.76. The second kappa shape index (κ2) is 8.84. The van der Waals surface area contributed by atoms with Gasteiger partial charge in [-0.15, -0.1) is 0 Å². The molecule has 0 spiro atoms. The number of urea groups is 1. The first-order valence-electron chi connectivity index (χ1n) is 10.7. The molecule has 0 radical (unpaired) electrons. The molecule has 162 valence electrons. The number of fused-ring (bicyclic) bond motifs is 3. The van der Waals surface area contributed by atoms with Crippen LogP contribution in [0.4, 0.5) is 22.1 Å². The second-order valence-corrected chi connectivity index (χ2v) is 8.77. The fourth-order valence-electron chi connectivity index (χ4n) is 4.39. The van der Waals surface area contributed by atoms with Crippen LogP contribution in [-0.2, 0) is 0 Å². The first kappa shape index (κ1) is 20.8. The average molecular weight is 464 g/mol. The first-order chi connectivity index (χ1) is 15.6. The molecule has 5 rings (SSSR count). The smallest absolute Gasteiger partial charge is 0.317 e. The Bertz CT molecular complexity index is 1230. The highest BCUT2D eigenvalue weighted by molar-refractivity contribution is 7.71. The van der Waals surface area contributed by atoms with Gasteiger partial charge >= 0.3 is 6.03 Å². The molecule has 1 saturated heterocycles. The van der Waals surface area contributed by atoms with Crippen molar-refractivity contribution in [2.45, 2.75) is 31.7 Å². The molecule has 0 bridgehead atoms. The Balaban J connectivity index is 1.68. The van der Waals surface area contributed by atoms with Crippen molar-refractivity contribution in [1.29, 1.82) is 0 Å². The number of carbonyl (C=O) groups is 1. The van der Waals surface area contributed by atoms with Gasteiger partial charge in [-0.2, -0.15) is 0 Å². The molecule has 2 aliphatic rings. The summed E-state index contributed by atoms with van der Waals surface area (Å²) >= 11 is 11.4. The van der Waals surface area contributed by atoms with E-state index in [4.69, 9.17) is 28.8 Å². The molecule has 1 N–H and O–H groups in total. The Morgan fingerprint density at radius 2 is 1.88 bits per heavy atom. The quantitative estimate of drug-likeness (QED) is 0.346. The minimum Gasteiger partial charge on any atom is -0.317 e. The lowest BCUT2D eigenvalue weighted by atomic mass is 9.99. The number of carbonyl (C=O) groups excluding carboxylic acids is 1. The SMILES string of the molecule is O=C1N(c2ccccc2)c2nc(=S)[nH]c(N=Cc3ccc(Cl)cc3)c2C2CCCCCN12. The number of benzene rings is 2. The van der Waals surface area contributed by atoms with Gasteiger partial charge in [0.15, 0.2) is 10.6 Å². The van der Waals surface area contributed by atoms with Gasteiger partial charge in [0.25, 0.3) is 0 Å². The highest BCUT2D eigenvalue weighted by Crippen LogP contribution is 2.46. The van der Waals surface area contributed by atoms with E-state index >= 15 is 0 Å². The monoisotopic (exact) mass is 463 g/mol. The molecule has 3 aromatic rings. The molecule has 1 fully saturated rings. The third kappa shape index (κ3) is 3.94. The third-order valence-electron chi connectivity index (χ3n) is 5.89. The maximum Gasteiger partial charge on any atom is 0.330 e. The summed E-state index contributed by atoms with van der Waals surface area (Å²) in [6, 6.07) is 16.9. The van der Waals surface area contributed by atoms with E-state index in [1.807, 2.05) is 59.5 Å². The number of aromatic amines is 1. The normalized spacial score (nSPS) is 18.4. The minimum atomic E-state index is -0.0864. The van der Waals surface area contributed by atoms with E-state index in [1.165, 1.54) is 0 Å². The summed E-state index contributed by atoms with van der Waals surface area (Å²) in [7, 11) is 0. The summed E-state index contributed by atoms with van der Waals surface area (Å²) < 4.78 is 0.294. The zero-order valence-electron chi connectivity index (χ0n) is 17.4. The first-order valence-corrected chi connectivity index (χ1v) is 11.5. The molecular weight excluding hydrogens is 442 g/mol. The summed E-state index contributed by atoms with van der Waals surface area (Å²) in [5.41, 5.74) is 2.60. The largest absolute Gasteiger partial charge is 0.330 e. The number of anilines is 2. The minimum absolute atomic E-state index is 0.0590. The van der Waals surface area contributed by atoms with Gasteiger partial charge in [0.2, 0.25) is 0 Å². The predicted molar refractivity (Wildman–Crippen MR) is 130 cm³/mol. The summed E-state index contributed by atoms with van der Waals surface area (Å²) in [4.78, 5) is 29.8. The van der Waals surface area contributed by atoms with Crippen molar-refractivity contribution in [3.8, 4) is 0 Å². The van der Waals surface area contributed by atoms with Gasteiger partial charge in [-0.1, -0.05) is 54.8 Å². The number of halogens is 1. The highest BCUT2D eigenvalue weighted by Gasteiger charge is 2.41. The number of nitrogens with one attached hydrogen (secondary N) is 1. The van der Waals surface area contributed by atoms with Crippen LogP contribution in [0.1, 0.15) is 42.9 Å². The molecule has 8 heteroatoms. The van der Waals surface area contributed by atoms with E-state index in [0.717, 1.165) is 42.5 Å². The van der Waals surface area contributed by atoms with Crippen molar-refractivity contribution >= 4 is 53.4 Å². The lowest BCUT2D eigenvalue weighted by Crippen LogP contribution is -2.47. The predicted octanol–water partition coefficient (Wildman–Crippen LogP) is 6.73. The molecule has 2 aliphatic heterocycles. The van der Waals surface area contributed by atoms with Crippen LogP contribution in [0, 0.1) is 4.77 Å². The van der Waals surface area contributed by atoms with Crippen LogP contribution < -0.4 is 4.90 Å². The van der Waals surface area contributed by atoms with Crippen molar-refractivity contribution in [3.63, 3.8) is 0 Å². The van der Waals surface area contributed by atoms with E-state index in [1.54, 1.807) is 11.1 Å². The average Bonchev–Trinajstić information content (AvgIpc) is 3.05. The Labute approximate surface area is 196 Å². The van der Waals surface area contributed by atoms with Crippen LogP contribution in [-0.4, -0.2) is 33.7 Å². The second-order valence-electron chi connectivity index (χ2n) is 7.95. The summed E-state index contributed by atoms with van der Waals surface area (Å²) in [5, 5.41) is 0.675. The molecule has 0 aliphatic carbocycles. The Morgan fingerprint density at radius 1 is 1.09 bits per heavy atom. The molecule has 1 atom stereocenters. The number of rotatable bonds is 3. The number of amides is 2. The van der Waals surface area contributed by atoms with Gasteiger partial charge in [0.05, 0.1) is 17.3 Å². The van der Waals surface area contributed by atoms with Crippen molar-refractivity contribution < 1.29 is 4.79 Å². The molecule has 2 amide bonds. The van der Waals surface area contributed by atoms with Gasteiger partial charge in [-0.05, 0) is 54.9 Å². The fraction of sp³-hybridized carbons (Fsp3) is 0.250. The lowest BCUT2D eigenvalue weighted by molar-refractivity contribution is 0.180. The summed E-state index contributed by atoms with van der Waals surface area (Å²) in [6.45, 7) is 0.711. The maximum atomic E-state index is 13.6. The van der Waals surface area contributed by atoms with Crippen LogP contribution in [0.25, 0.3) is 0 Å². The van der Waals surface area contributed by atoms with Crippen molar-refractivity contribution in [2.24, 2.45) is 4.99 Å². The number of hydrogen-bond acceptors (Lipinski definition) is 4. The van der Waals surface area contributed by atoms with E-state index in [2.05, 4.69) is 9.97 Å². The molecule has 3 heterocycles. The topological polar surface area (TPSA) is 64.6 Å². The van der Waals surface area contributed by atoms with E-state index in [0.29, 0.717) is 28.0 Å². The molecule has 0 saturated carbocycles. The van der Waals surface area contributed by atoms with Gasteiger partial charge in [-0.25, -0.2) is 19.7 Å². The summed E-state index contributed by atoms with van der Waals surface area (Å²) in [5.74, 6) is 1.21. The molecule has 2 aromatic carbocycles. The highest BCUT2D eigenvalue weighted by atomic mass is 35.5. The van der Waals surface area contributed by atoms with E-state index in [-0.39, 0.29) is 12.1 Å².